The van der Waals surface area contributed by atoms with Crippen LogP contribution in [-0.4, -0.2) is 29.6 Å². The number of amides is 1. The molecule has 0 saturated carbocycles. The van der Waals surface area contributed by atoms with Gasteiger partial charge in [0, 0.05) is 13.0 Å². The Morgan fingerprint density at radius 2 is 2.00 bits per heavy atom. The van der Waals surface area contributed by atoms with Crippen LogP contribution in [0.2, 0.25) is 0 Å². The van der Waals surface area contributed by atoms with Gasteiger partial charge in [0.25, 0.3) is 0 Å². The van der Waals surface area contributed by atoms with Crippen molar-refractivity contribution in [1.82, 2.24) is 5.32 Å². The number of aliphatic carboxylic acids is 1. The molecule has 0 aromatic heterocycles. The summed E-state index contributed by atoms with van der Waals surface area (Å²) in [6.07, 6.45) is 1.15. The largest absolute Gasteiger partial charge is 0.481 e. The topological polar surface area (TPSA) is 92.4 Å². The lowest BCUT2D eigenvalue weighted by Crippen LogP contribution is -2.41. The van der Waals surface area contributed by atoms with Gasteiger partial charge in [-0.3, -0.25) is 9.59 Å². The number of nitrogens with two attached hydrogens (primary N) is 1. The van der Waals surface area contributed by atoms with E-state index < -0.39 is 12.0 Å². The first-order valence-electron chi connectivity index (χ1n) is 5.18. The molecule has 5 nitrogen and oxygen atoms in total. The molecule has 0 rings (SSSR count). The summed E-state index contributed by atoms with van der Waals surface area (Å²) in [5.74, 6) is -0.672. The molecular formula is C10H20N2O3. The van der Waals surface area contributed by atoms with Crippen molar-refractivity contribution in [3.63, 3.8) is 0 Å². The molecular weight excluding hydrogens is 196 g/mol. The van der Waals surface area contributed by atoms with Crippen molar-refractivity contribution in [1.29, 1.82) is 0 Å². The summed E-state index contributed by atoms with van der Waals surface area (Å²) in [7, 11) is 0. The van der Waals surface area contributed by atoms with Gasteiger partial charge in [0.1, 0.15) is 0 Å². The van der Waals surface area contributed by atoms with E-state index in [2.05, 4.69) is 5.32 Å². The number of rotatable bonds is 7. The van der Waals surface area contributed by atoms with Crippen LogP contribution in [0.3, 0.4) is 0 Å². The second-order valence-electron chi connectivity index (χ2n) is 4.02. The van der Waals surface area contributed by atoms with Gasteiger partial charge in [-0.1, -0.05) is 13.8 Å². The highest BCUT2D eigenvalue weighted by Crippen LogP contribution is 2.02. The van der Waals surface area contributed by atoms with Crippen LogP contribution in [0.15, 0.2) is 0 Å². The van der Waals surface area contributed by atoms with Gasteiger partial charge in [0.15, 0.2) is 0 Å². The van der Waals surface area contributed by atoms with Crippen molar-refractivity contribution in [2.45, 2.75) is 39.2 Å². The van der Waals surface area contributed by atoms with E-state index in [0.29, 0.717) is 25.3 Å². The second kappa shape index (κ2) is 7.23. The highest BCUT2D eigenvalue weighted by Gasteiger charge is 2.13. The fourth-order valence-corrected chi connectivity index (χ4v) is 1.20. The average molecular weight is 216 g/mol. The average Bonchev–Trinajstić information content (AvgIpc) is 2.10. The van der Waals surface area contributed by atoms with Crippen LogP contribution in [0.5, 0.6) is 0 Å². The molecule has 5 heteroatoms. The van der Waals surface area contributed by atoms with Crippen LogP contribution < -0.4 is 11.1 Å². The standard InChI is InChI=1S/C10H20N2O3/c1-7(2)6-8(11)10(15)12-5-3-4-9(13)14/h7-8H,3-6,11H2,1-2H3,(H,12,15)(H,13,14). The lowest BCUT2D eigenvalue weighted by atomic mass is 10.0. The molecule has 1 unspecified atom stereocenters. The quantitative estimate of drug-likeness (QED) is 0.535. The van der Waals surface area contributed by atoms with E-state index in [0.717, 1.165) is 0 Å². The zero-order chi connectivity index (χ0) is 11.8. The van der Waals surface area contributed by atoms with Crippen LogP contribution in [0.25, 0.3) is 0 Å². The van der Waals surface area contributed by atoms with Gasteiger partial charge in [-0.2, -0.15) is 0 Å². The second-order valence-corrected chi connectivity index (χ2v) is 4.02. The van der Waals surface area contributed by atoms with Crippen molar-refractivity contribution in [2.24, 2.45) is 11.7 Å². The van der Waals surface area contributed by atoms with Crippen molar-refractivity contribution in [3.8, 4) is 0 Å². The maximum atomic E-state index is 11.3. The first kappa shape index (κ1) is 13.9. The number of carbonyl (C=O) groups is 2. The van der Waals surface area contributed by atoms with Crippen LogP contribution in [0.1, 0.15) is 33.1 Å². The molecule has 0 fully saturated rings. The summed E-state index contributed by atoms with van der Waals surface area (Å²) in [6, 6.07) is -0.491. The van der Waals surface area contributed by atoms with Gasteiger partial charge in [-0.15, -0.1) is 0 Å². The highest BCUT2D eigenvalue weighted by atomic mass is 16.4. The van der Waals surface area contributed by atoms with Crippen LogP contribution >= 0.6 is 0 Å². The fourth-order valence-electron chi connectivity index (χ4n) is 1.20. The molecule has 0 heterocycles. The van der Waals surface area contributed by atoms with Gasteiger partial charge in [0.05, 0.1) is 6.04 Å². The first-order valence-corrected chi connectivity index (χ1v) is 5.18. The predicted molar refractivity (Wildman–Crippen MR) is 57.3 cm³/mol. The number of carboxylic acid groups (broad SMARTS) is 1. The van der Waals surface area contributed by atoms with Crippen LogP contribution in [-0.2, 0) is 9.59 Å². The Bertz CT molecular complexity index is 217. The Hall–Kier alpha value is -1.10. The van der Waals surface area contributed by atoms with Gasteiger partial charge in [-0.25, -0.2) is 0 Å². The maximum absolute atomic E-state index is 11.3. The van der Waals surface area contributed by atoms with Crippen molar-refractivity contribution >= 4 is 11.9 Å². The van der Waals surface area contributed by atoms with E-state index in [4.69, 9.17) is 10.8 Å². The number of hydrogen-bond donors (Lipinski definition) is 3. The zero-order valence-corrected chi connectivity index (χ0v) is 9.32. The summed E-state index contributed by atoms with van der Waals surface area (Å²) in [6.45, 7) is 4.37. The van der Waals surface area contributed by atoms with E-state index in [1.807, 2.05) is 13.8 Å². The summed E-state index contributed by atoms with van der Waals surface area (Å²) in [5, 5.41) is 11.0. The van der Waals surface area contributed by atoms with E-state index in [9.17, 15) is 9.59 Å². The minimum atomic E-state index is -0.851. The summed E-state index contributed by atoms with van der Waals surface area (Å²) >= 11 is 0. The number of carboxylic acids is 1. The molecule has 0 aromatic carbocycles. The molecule has 0 spiro atoms. The lowest BCUT2D eigenvalue weighted by Gasteiger charge is -2.13. The minimum absolute atomic E-state index is 0.0691. The Morgan fingerprint density at radius 3 is 2.47 bits per heavy atom. The summed E-state index contributed by atoms with van der Waals surface area (Å²) < 4.78 is 0. The molecule has 4 N–H and O–H groups in total. The van der Waals surface area contributed by atoms with Crippen molar-refractivity contribution in [2.75, 3.05) is 6.54 Å². The Balaban J connectivity index is 3.60. The molecule has 0 aliphatic rings. The van der Waals surface area contributed by atoms with Crippen LogP contribution in [0, 0.1) is 5.92 Å². The molecule has 15 heavy (non-hydrogen) atoms. The van der Waals surface area contributed by atoms with Gasteiger partial charge in [0.2, 0.25) is 5.91 Å². The summed E-state index contributed by atoms with van der Waals surface area (Å²) in [4.78, 5) is 21.5. The van der Waals surface area contributed by atoms with Crippen molar-refractivity contribution < 1.29 is 14.7 Å². The Labute approximate surface area is 90.0 Å². The zero-order valence-electron chi connectivity index (χ0n) is 9.32. The number of carbonyl (C=O) groups excluding carboxylic acids is 1. The van der Waals surface area contributed by atoms with E-state index in [1.165, 1.54) is 0 Å². The third-order valence-corrected chi connectivity index (χ3v) is 1.93. The molecule has 88 valence electrons. The predicted octanol–water partition coefficient (Wildman–Crippen LogP) is 0.341. The SMILES string of the molecule is CC(C)CC(N)C(=O)NCCCC(=O)O. The fraction of sp³-hybridized carbons (Fsp3) is 0.800. The number of nitrogens with one attached hydrogen (secondary N) is 1. The number of hydrogen-bond acceptors (Lipinski definition) is 3. The Kier molecular flexibility index (Phi) is 6.70. The van der Waals surface area contributed by atoms with E-state index >= 15 is 0 Å². The molecule has 0 aromatic rings. The molecule has 0 radical (unpaired) electrons. The van der Waals surface area contributed by atoms with Gasteiger partial charge >= 0.3 is 5.97 Å². The Morgan fingerprint density at radius 1 is 1.40 bits per heavy atom. The van der Waals surface area contributed by atoms with E-state index in [1.54, 1.807) is 0 Å². The molecule has 0 aliphatic heterocycles. The summed E-state index contributed by atoms with van der Waals surface area (Å²) in [5.41, 5.74) is 5.63. The van der Waals surface area contributed by atoms with Crippen molar-refractivity contribution in [3.05, 3.63) is 0 Å². The molecule has 0 bridgehead atoms. The maximum Gasteiger partial charge on any atom is 0.303 e. The van der Waals surface area contributed by atoms with Gasteiger partial charge < -0.3 is 16.2 Å². The van der Waals surface area contributed by atoms with Crippen LogP contribution in [0.4, 0.5) is 0 Å². The third kappa shape index (κ3) is 7.93. The third-order valence-electron chi connectivity index (χ3n) is 1.93. The van der Waals surface area contributed by atoms with E-state index in [-0.39, 0.29) is 12.3 Å². The molecule has 1 amide bonds. The molecule has 0 saturated heterocycles. The minimum Gasteiger partial charge on any atom is -0.481 e. The highest BCUT2D eigenvalue weighted by molar-refractivity contribution is 5.81. The van der Waals surface area contributed by atoms with Gasteiger partial charge in [-0.05, 0) is 18.8 Å². The molecule has 1 atom stereocenters. The smallest absolute Gasteiger partial charge is 0.303 e. The molecule has 0 aliphatic carbocycles. The monoisotopic (exact) mass is 216 g/mol. The lowest BCUT2D eigenvalue weighted by molar-refractivity contribution is -0.137. The normalized spacial score (nSPS) is 12.5. The first-order chi connectivity index (χ1) is 6.93.